The van der Waals surface area contributed by atoms with Crippen LogP contribution >= 0.6 is 23.8 Å². The maximum atomic E-state index is 6.22. The van der Waals surface area contributed by atoms with Crippen LogP contribution in [0.25, 0.3) is 0 Å². The molecule has 26 heavy (non-hydrogen) atoms. The smallest absolute Gasteiger partial charge is 0.232 e. The van der Waals surface area contributed by atoms with Crippen LogP contribution in [0.5, 0.6) is 0 Å². The molecule has 7 heteroatoms. The average molecular weight is 390 g/mol. The number of halogens is 1. The summed E-state index contributed by atoms with van der Waals surface area (Å²) in [6, 6.07) is 12.5. The second-order valence-corrected chi connectivity index (χ2v) is 7.44. The SMILES string of the molecule is C[C@@H](NC(=S)Nc1nc(Cl)cc(N2CCCC[C@@H]2C)n1)c1ccccc1. The molecule has 1 aliphatic heterocycles. The Hall–Kier alpha value is -1.92. The van der Waals surface area contributed by atoms with Crippen LogP contribution in [0.4, 0.5) is 11.8 Å². The molecule has 2 aromatic rings. The number of nitrogens with zero attached hydrogens (tertiary/aromatic N) is 3. The summed E-state index contributed by atoms with van der Waals surface area (Å²) < 4.78 is 0. The molecule has 2 N–H and O–H groups in total. The second kappa shape index (κ2) is 8.64. The highest BCUT2D eigenvalue weighted by molar-refractivity contribution is 7.80. The van der Waals surface area contributed by atoms with Gasteiger partial charge in [0.05, 0.1) is 6.04 Å². The minimum atomic E-state index is 0.0805. The predicted molar refractivity (Wildman–Crippen MR) is 112 cm³/mol. The number of hydrogen-bond donors (Lipinski definition) is 2. The van der Waals surface area contributed by atoms with Gasteiger partial charge in [-0.05, 0) is 50.9 Å². The summed E-state index contributed by atoms with van der Waals surface area (Å²) >= 11 is 11.6. The van der Waals surface area contributed by atoms with Crippen molar-refractivity contribution in [2.45, 2.75) is 45.2 Å². The van der Waals surface area contributed by atoms with Crippen LogP contribution in [-0.2, 0) is 0 Å². The first kappa shape index (κ1) is 18.9. The van der Waals surface area contributed by atoms with E-state index in [1.54, 1.807) is 0 Å². The summed E-state index contributed by atoms with van der Waals surface area (Å²) in [4.78, 5) is 11.2. The normalized spacial score (nSPS) is 18.3. The molecule has 3 rings (SSSR count). The molecular weight excluding hydrogens is 366 g/mol. The lowest BCUT2D eigenvalue weighted by molar-refractivity contribution is 0.481. The summed E-state index contributed by atoms with van der Waals surface area (Å²) in [5.41, 5.74) is 1.16. The van der Waals surface area contributed by atoms with E-state index in [-0.39, 0.29) is 6.04 Å². The van der Waals surface area contributed by atoms with Gasteiger partial charge in [0.2, 0.25) is 5.95 Å². The molecule has 0 aliphatic carbocycles. The maximum Gasteiger partial charge on any atom is 0.232 e. The van der Waals surface area contributed by atoms with Gasteiger partial charge in [-0.2, -0.15) is 4.98 Å². The Labute approximate surface area is 165 Å². The highest BCUT2D eigenvalue weighted by Gasteiger charge is 2.21. The predicted octanol–water partition coefficient (Wildman–Crippen LogP) is 4.56. The van der Waals surface area contributed by atoms with Crippen LogP contribution in [-0.4, -0.2) is 27.7 Å². The van der Waals surface area contributed by atoms with Crippen LogP contribution in [0.3, 0.4) is 0 Å². The number of rotatable bonds is 4. The van der Waals surface area contributed by atoms with Gasteiger partial charge in [0.15, 0.2) is 5.11 Å². The molecule has 2 atom stereocenters. The van der Waals surface area contributed by atoms with Gasteiger partial charge in [-0.25, -0.2) is 4.98 Å². The lowest BCUT2D eigenvalue weighted by atomic mass is 10.0. The van der Waals surface area contributed by atoms with E-state index in [2.05, 4.69) is 51.5 Å². The van der Waals surface area contributed by atoms with Gasteiger partial charge in [-0.1, -0.05) is 41.9 Å². The minimum absolute atomic E-state index is 0.0805. The molecule has 1 aliphatic rings. The van der Waals surface area contributed by atoms with Crippen molar-refractivity contribution in [1.82, 2.24) is 15.3 Å². The molecule has 138 valence electrons. The quantitative estimate of drug-likeness (QED) is 0.590. The zero-order valence-electron chi connectivity index (χ0n) is 15.1. The van der Waals surface area contributed by atoms with Crippen molar-refractivity contribution in [3.05, 3.63) is 47.1 Å². The molecule has 5 nitrogen and oxygen atoms in total. The number of hydrogen-bond acceptors (Lipinski definition) is 4. The summed E-state index contributed by atoms with van der Waals surface area (Å²) in [6.07, 6.45) is 3.59. The third kappa shape index (κ3) is 4.83. The van der Waals surface area contributed by atoms with E-state index in [0.717, 1.165) is 17.9 Å². The standard InChI is InChI=1S/C19H24ClN5S/c1-13-8-6-7-11-25(13)17-12-16(20)22-18(23-17)24-19(26)21-14(2)15-9-4-3-5-10-15/h3-5,9-10,12-14H,6-8,11H2,1-2H3,(H2,21,22,23,24,26)/t13-,14+/m0/s1. The van der Waals surface area contributed by atoms with Crippen molar-refractivity contribution in [1.29, 1.82) is 0 Å². The Morgan fingerprint density at radius 3 is 2.77 bits per heavy atom. The molecule has 0 bridgehead atoms. The first-order valence-corrected chi connectivity index (χ1v) is 9.75. The summed E-state index contributed by atoms with van der Waals surface area (Å²) in [5, 5.41) is 7.20. The van der Waals surface area contributed by atoms with Crippen molar-refractivity contribution >= 4 is 40.7 Å². The van der Waals surface area contributed by atoms with Gasteiger partial charge in [0, 0.05) is 18.7 Å². The zero-order chi connectivity index (χ0) is 18.5. The fraction of sp³-hybridized carbons (Fsp3) is 0.421. The van der Waals surface area contributed by atoms with Crippen molar-refractivity contribution in [3.63, 3.8) is 0 Å². The molecule has 0 radical (unpaired) electrons. The lowest BCUT2D eigenvalue weighted by Gasteiger charge is -2.34. The van der Waals surface area contributed by atoms with Crippen LogP contribution in [0.2, 0.25) is 5.15 Å². The van der Waals surface area contributed by atoms with Crippen molar-refractivity contribution < 1.29 is 0 Å². The number of anilines is 2. The monoisotopic (exact) mass is 389 g/mol. The van der Waals surface area contributed by atoms with E-state index in [1.165, 1.54) is 19.3 Å². The first-order valence-electron chi connectivity index (χ1n) is 8.96. The molecule has 0 unspecified atom stereocenters. The second-order valence-electron chi connectivity index (χ2n) is 6.64. The molecule has 1 saturated heterocycles. The number of piperidine rings is 1. The number of benzene rings is 1. The van der Waals surface area contributed by atoms with Gasteiger partial charge < -0.3 is 15.5 Å². The van der Waals surface area contributed by atoms with Crippen LogP contribution in [0, 0.1) is 0 Å². The number of thiocarbonyl (C=S) groups is 1. The molecule has 1 fully saturated rings. The highest BCUT2D eigenvalue weighted by Crippen LogP contribution is 2.25. The first-order chi connectivity index (χ1) is 12.5. The molecule has 0 amide bonds. The molecular formula is C19H24ClN5S. The summed E-state index contributed by atoms with van der Waals surface area (Å²) in [7, 11) is 0. The maximum absolute atomic E-state index is 6.22. The largest absolute Gasteiger partial charge is 0.356 e. The number of aromatic nitrogens is 2. The molecule has 0 spiro atoms. The van der Waals surface area contributed by atoms with E-state index < -0.39 is 0 Å². The van der Waals surface area contributed by atoms with E-state index in [4.69, 9.17) is 23.8 Å². The Kier molecular flexibility index (Phi) is 6.27. The van der Waals surface area contributed by atoms with Gasteiger partial charge in [0.25, 0.3) is 0 Å². The van der Waals surface area contributed by atoms with Gasteiger partial charge in [-0.15, -0.1) is 0 Å². The topological polar surface area (TPSA) is 53.1 Å². The minimum Gasteiger partial charge on any atom is -0.356 e. The van der Waals surface area contributed by atoms with E-state index in [9.17, 15) is 0 Å². The van der Waals surface area contributed by atoms with Crippen LogP contribution in [0.15, 0.2) is 36.4 Å². The molecule has 2 heterocycles. The van der Waals surface area contributed by atoms with E-state index >= 15 is 0 Å². The van der Waals surface area contributed by atoms with Crippen molar-refractivity contribution in [3.8, 4) is 0 Å². The van der Waals surface area contributed by atoms with Crippen molar-refractivity contribution in [2.24, 2.45) is 0 Å². The third-order valence-electron chi connectivity index (χ3n) is 4.65. The lowest BCUT2D eigenvalue weighted by Crippen LogP contribution is -2.38. The summed E-state index contributed by atoms with van der Waals surface area (Å²) in [6.45, 7) is 5.26. The average Bonchev–Trinajstić information content (AvgIpc) is 2.62. The van der Waals surface area contributed by atoms with Gasteiger partial charge in [-0.3, -0.25) is 0 Å². The molecule has 1 aromatic heterocycles. The van der Waals surface area contributed by atoms with Crippen LogP contribution < -0.4 is 15.5 Å². The third-order valence-corrected chi connectivity index (χ3v) is 5.06. The van der Waals surface area contributed by atoms with E-state index in [1.807, 2.05) is 24.3 Å². The fourth-order valence-corrected chi connectivity index (χ4v) is 3.65. The summed E-state index contributed by atoms with van der Waals surface area (Å²) in [5.74, 6) is 1.27. The van der Waals surface area contributed by atoms with Crippen LogP contribution in [0.1, 0.15) is 44.7 Å². The zero-order valence-corrected chi connectivity index (χ0v) is 16.6. The Morgan fingerprint density at radius 1 is 1.27 bits per heavy atom. The highest BCUT2D eigenvalue weighted by atomic mass is 35.5. The Balaban J connectivity index is 1.68. The van der Waals surface area contributed by atoms with Crippen molar-refractivity contribution in [2.75, 3.05) is 16.8 Å². The van der Waals surface area contributed by atoms with E-state index in [0.29, 0.717) is 22.3 Å². The Morgan fingerprint density at radius 2 is 2.04 bits per heavy atom. The molecule has 1 aromatic carbocycles. The van der Waals surface area contributed by atoms with Gasteiger partial charge in [0.1, 0.15) is 11.0 Å². The Bertz CT molecular complexity index is 755. The number of nitrogens with one attached hydrogen (secondary N) is 2. The van der Waals surface area contributed by atoms with Gasteiger partial charge >= 0.3 is 0 Å². The fourth-order valence-electron chi connectivity index (χ4n) is 3.21. The molecule has 0 saturated carbocycles.